The number of fused-ring (bicyclic) bond motifs is 1. The van der Waals surface area contributed by atoms with Gasteiger partial charge in [0.05, 0.1) is 0 Å². The molecule has 0 amide bonds. The van der Waals surface area contributed by atoms with E-state index in [1.165, 1.54) is 27.9 Å². The van der Waals surface area contributed by atoms with Crippen molar-refractivity contribution < 1.29 is 0 Å². The largest absolute Gasteiger partial charge is 0.324 e. The van der Waals surface area contributed by atoms with Gasteiger partial charge in [-0.3, -0.25) is 4.68 Å². The summed E-state index contributed by atoms with van der Waals surface area (Å²) in [5, 5.41) is 4.68. The van der Waals surface area contributed by atoms with Gasteiger partial charge in [-0.15, -0.1) is 6.42 Å². The topological polar surface area (TPSA) is 21.1 Å². The predicted molar refractivity (Wildman–Crippen MR) is 87.1 cm³/mol. The van der Waals surface area contributed by atoms with Crippen molar-refractivity contribution in [2.24, 2.45) is 7.05 Å². The maximum Gasteiger partial charge on any atom is 0.159 e. The molecule has 0 spiro atoms. The molecule has 0 saturated carbocycles. The number of benzene rings is 1. The molecular formula is C18H21N3. The molecule has 3 nitrogen and oxygen atoms in total. The maximum atomic E-state index is 5.65. The van der Waals surface area contributed by atoms with Crippen LogP contribution in [0.25, 0.3) is 0 Å². The zero-order chi connectivity index (χ0) is 15.1. The summed E-state index contributed by atoms with van der Waals surface area (Å²) in [6.45, 7) is 7.49. The molecule has 21 heavy (non-hydrogen) atoms. The van der Waals surface area contributed by atoms with Crippen LogP contribution in [0.5, 0.6) is 0 Å². The van der Waals surface area contributed by atoms with Gasteiger partial charge in [-0.1, -0.05) is 23.6 Å². The van der Waals surface area contributed by atoms with E-state index in [1.807, 2.05) is 11.7 Å². The van der Waals surface area contributed by atoms with Gasteiger partial charge in [0.25, 0.3) is 0 Å². The molecule has 0 aliphatic carbocycles. The minimum Gasteiger partial charge on any atom is -0.324 e. The van der Waals surface area contributed by atoms with Gasteiger partial charge in [0.2, 0.25) is 0 Å². The van der Waals surface area contributed by atoms with Crippen LogP contribution in [0.15, 0.2) is 12.1 Å². The molecule has 1 aromatic heterocycles. The fourth-order valence-electron chi connectivity index (χ4n) is 3.52. The number of aryl methyl sites for hydroxylation is 4. The van der Waals surface area contributed by atoms with Crippen LogP contribution in [0.4, 0.5) is 11.5 Å². The molecule has 3 heteroatoms. The van der Waals surface area contributed by atoms with Crippen LogP contribution in [0.3, 0.4) is 0 Å². The quantitative estimate of drug-likeness (QED) is 0.746. The van der Waals surface area contributed by atoms with E-state index < -0.39 is 0 Å². The second-order valence-electron chi connectivity index (χ2n) is 5.92. The third kappa shape index (κ3) is 2.12. The number of anilines is 2. The van der Waals surface area contributed by atoms with E-state index in [2.05, 4.69) is 48.8 Å². The van der Waals surface area contributed by atoms with Gasteiger partial charge in [-0.05, 0) is 44.7 Å². The average Bonchev–Trinajstić information content (AvgIpc) is 2.73. The van der Waals surface area contributed by atoms with Crippen LogP contribution in [-0.2, 0) is 13.5 Å². The van der Waals surface area contributed by atoms with Crippen LogP contribution in [0, 0.1) is 33.1 Å². The molecule has 0 fully saturated rings. The molecular weight excluding hydrogens is 258 g/mol. The third-order valence-corrected chi connectivity index (χ3v) is 4.23. The Hall–Kier alpha value is -2.21. The summed E-state index contributed by atoms with van der Waals surface area (Å²) in [6.07, 6.45) is 7.78. The molecule has 0 N–H and O–H groups in total. The molecule has 0 atom stereocenters. The van der Waals surface area contributed by atoms with Crippen molar-refractivity contribution in [1.29, 1.82) is 0 Å². The Morgan fingerprint density at radius 2 is 1.86 bits per heavy atom. The molecule has 108 valence electrons. The van der Waals surface area contributed by atoms with Crippen molar-refractivity contribution in [3.05, 3.63) is 40.1 Å². The van der Waals surface area contributed by atoms with Gasteiger partial charge in [0, 0.05) is 24.8 Å². The van der Waals surface area contributed by atoms with Crippen molar-refractivity contribution in [1.82, 2.24) is 9.78 Å². The number of hydrogen-bond acceptors (Lipinski definition) is 2. The summed E-state index contributed by atoms with van der Waals surface area (Å²) >= 11 is 0. The van der Waals surface area contributed by atoms with Gasteiger partial charge < -0.3 is 4.90 Å². The van der Waals surface area contributed by atoms with E-state index in [0.717, 1.165) is 30.9 Å². The molecule has 3 rings (SSSR count). The zero-order valence-corrected chi connectivity index (χ0v) is 13.2. The molecule has 0 bridgehead atoms. The molecule has 0 saturated heterocycles. The third-order valence-electron chi connectivity index (χ3n) is 4.23. The van der Waals surface area contributed by atoms with Gasteiger partial charge in [-0.25, -0.2) is 0 Å². The zero-order valence-electron chi connectivity index (χ0n) is 13.2. The highest BCUT2D eigenvalue weighted by atomic mass is 15.4. The number of hydrogen-bond donors (Lipinski definition) is 0. The van der Waals surface area contributed by atoms with Crippen LogP contribution >= 0.6 is 0 Å². The Balaban J connectivity index is 2.18. The highest BCUT2D eigenvalue weighted by molar-refractivity contribution is 5.72. The van der Waals surface area contributed by atoms with Crippen molar-refractivity contribution >= 4 is 11.5 Å². The Kier molecular flexibility index (Phi) is 3.25. The Bertz CT molecular complexity index is 724. The number of terminal acetylenes is 1. The Labute approximate surface area is 126 Å². The normalized spacial score (nSPS) is 14.0. The predicted octanol–water partition coefficient (Wildman–Crippen LogP) is 3.41. The highest BCUT2D eigenvalue weighted by Crippen LogP contribution is 2.37. The van der Waals surface area contributed by atoms with E-state index in [0.29, 0.717) is 0 Å². The fraction of sp³-hybridized carbons (Fsp3) is 0.389. The minimum absolute atomic E-state index is 0.914. The SMILES string of the molecule is C#Cc1c2c(nn1C)N(c1c(C)cc(C)cc1C)CCC2. The summed E-state index contributed by atoms with van der Waals surface area (Å²) in [7, 11) is 1.93. The van der Waals surface area contributed by atoms with E-state index in [1.54, 1.807) is 0 Å². The van der Waals surface area contributed by atoms with E-state index >= 15 is 0 Å². The summed E-state index contributed by atoms with van der Waals surface area (Å²) in [4.78, 5) is 2.34. The summed E-state index contributed by atoms with van der Waals surface area (Å²) < 4.78 is 1.84. The average molecular weight is 279 g/mol. The molecule has 2 aromatic rings. The van der Waals surface area contributed by atoms with Crippen molar-refractivity contribution in [3.8, 4) is 12.3 Å². The molecule has 2 heterocycles. The Morgan fingerprint density at radius 1 is 1.19 bits per heavy atom. The second kappa shape index (κ2) is 4.96. The van der Waals surface area contributed by atoms with Gasteiger partial charge in [0.15, 0.2) is 5.82 Å². The van der Waals surface area contributed by atoms with E-state index in [-0.39, 0.29) is 0 Å². The van der Waals surface area contributed by atoms with E-state index in [4.69, 9.17) is 6.42 Å². The number of aromatic nitrogens is 2. The first-order chi connectivity index (χ1) is 10.0. The first-order valence-corrected chi connectivity index (χ1v) is 7.40. The standard InChI is InChI=1S/C18H21N3/c1-6-16-15-8-7-9-21(18(15)19-20(16)5)17-13(3)10-12(2)11-14(17)4/h1,10-11H,7-9H2,2-5H3. The maximum absolute atomic E-state index is 5.65. The lowest BCUT2D eigenvalue weighted by Crippen LogP contribution is -2.26. The van der Waals surface area contributed by atoms with Gasteiger partial charge in [0.1, 0.15) is 5.69 Å². The molecule has 0 unspecified atom stereocenters. The van der Waals surface area contributed by atoms with Gasteiger partial charge in [-0.2, -0.15) is 5.10 Å². The van der Waals surface area contributed by atoms with Crippen molar-refractivity contribution in [2.75, 3.05) is 11.4 Å². The molecule has 1 aliphatic rings. The van der Waals surface area contributed by atoms with Gasteiger partial charge >= 0.3 is 0 Å². The van der Waals surface area contributed by atoms with Crippen LogP contribution in [-0.4, -0.2) is 16.3 Å². The number of nitrogens with zero attached hydrogens (tertiary/aromatic N) is 3. The van der Waals surface area contributed by atoms with Crippen LogP contribution in [0.2, 0.25) is 0 Å². The molecule has 1 aliphatic heterocycles. The summed E-state index contributed by atoms with van der Waals surface area (Å²) in [5.41, 5.74) is 7.31. The highest BCUT2D eigenvalue weighted by Gasteiger charge is 2.26. The Morgan fingerprint density at radius 3 is 2.48 bits per heavy atom. The van der Waals surface area contributed by atoms with Crippen LogP contribution < -0.4 is 4.90 Å². The molecule has 0 radical (unpaired) electrons. The lowest BCUT2D eigenvalue weighted by Gasteiger charge is -2.30. The van der Waals surface area contributed by atoms with Crippen molar-refractivity contribution in [2.45, 2.75) is 33.6 Å². The monoisotopic (exact) mass is 279 g/mol. The summed E-state index contributed by atoms with van der Waals surface area (Å²) in [5.74, 6) is 3.82. The second-order valence-corrected chi connectivity index (χ2v) is 5.92. The lowest BCUT2D eigenvalue weighted by atomic mass is 9.99. The molecule has 1 aromatic carbocycles. The van der Waals surface area contributed by atoms with E-state index in [9.17, 15) is 0 Å². The lowest BCUT2D eigenvalue weighted by molar-refractivity contribution is 0.738. The first kappa shape index (κ1) is 13.8. The number of rotatable bonds is 1. The van der Waals surface area contributed by atoms with Crippen LogP contribution in [0.1, 0.15) is 34.4 Å². The minimum atomic E-state index is 0.914. The van der Waals surface area contributed by atoms with Crippen molar-refractivity contribution in [3.63, 3.8) is 0 Å². The first-order valence-electron chi connectivity index (χ1n) is 7.40. The smallest absolute Gasteiger partial charge is 0.159 e. The summed E-state index contributed by atoms with van der Waals surface area (Å²) in [6, 6.07) is 4.48. The fourth-order valence-corrected chi connectivity index (χ4v) is 3.52.